The molecule has 0 saturated heterocycles. The van der Waals surface area contributed by atoms with E-state index < -0.39 is 0 Å². The number of methoxy groups -OCH3 is 2. The maximum absolute atomic E-state index is 10.1. The highest BCUT2D eigenvalue weighted by atomic mass is 16.5. The van der Waals surface area contributed by atoms with Crippen LogP contribution < -0.4 is 4.74 Å². The van der Waals surface area contributed by atoms with Gasteiger partial charge < -0.3 is 19.1 Å². The van der Waals surface area contributed by atoms with E-state index in [1.807, 2.05) is 0 Å². The zero-order valence-corrected chi connectivity index (χ0v) is 11.8. The molecule has 1 aromatic heterocycles. The Labute approximate surface area is 117 Å². The van der Waals surface area contributed by atoms with Gasteiger partial charge in [-0.1, -0.05) is 24.6 Å². The van der Waals surface area contributed by atoms with Crippen LogP contribution in [0.1, 0.15) is 31.7 Å². The quantitative estimate of drug-likeness (QED) is 0.875. The summed E-state index contributed by atoms with van der Waals surface area (Å²) in [7, 11) is 3.10. The molecular formula is C14H18N2O4. The van der Waals surface area contributed by atoms with Crippen molar-refractivity contribution in [1.29, 1.82) is 0 Å². The van der Waals surface area contributed by atoms with Crippen molar-refractivity contribution in [2.24, 2.45) is 0 Å². The average Bonchev–Trinajstić information content (AvgIpc) is 2.94. The first-order chi connectivity index (χ1) is 9.71. The third-order valence-electron chi connectivity index (χ3n) is 3.01. The number of aromatic nitrogens is 2. The van der Waals surface area contributed by atoms with Crippen molar-refractivity contribution in [3.8, 4) is 23.0 Å². The molecule has 6 heteroatoms. The normalized spacial score (nSPS) is 12.3. The van der Waals surface area contributed by atoms with Crippen LogP contribution in [0.5, 0.6) is 11.5 Å². The molecule has 1 atom stereocenters. The standard InChI is InChI=1S/C14H18N2O4/c1-4-6-11(19-3)13-15-14(20-16-13)9-7-5-8-10(18-2)12(9)17/h5,7-8,11,17H,4,6H2,1-3H3. The van der Waals surface area contributed by atoms with Crippen LogP contribution in [0.2, 0.25) is 0 Å². The van der Waals surface area contributed by atoms with Gasteiger partial charge >= 0.3 is 0 Å². The third-order valence-corrected chi connectivity index (χ3v) is 3.01. The van der Waals surface area contributed by atoms with Crippen molar-refractivity contribution in [3.05, 3.63) is 24.0 Å². The first kappa shape index (κ1) is 14.3. The van der Waals surface area contributed by atoms with Crippen LogP contribution in [0.15, 0.2) is 22.7 Å². The van der Waals surface area contributed by atoms with E-state index in [0.717, 1.165) is 12.8 Å². The molecule has 0 fully saturated rings. The smallest absolute Gasteiger partial charge is 0.261 e. The van der Waals surface area contributed by atoms with E-state index in [0.29, 0.717) is 17.1 Å². The van der Waals surface area contributed by atoms with Crippen molar-refractivity contribution in [2.45, 2.75) is 25.9 Å². The second kappa shape index (κ2) is 6.38. The number of phenolic OH excluding ortho intramolecular Hbond substituents is 1. The lowest BCUT2D eigenvalue weighted by Gasteiger charge is -2.08. The highest BCUT2D eigenvalue weighted by Crippen LogP contribution is 2.36. The van der Waals surface area contributed by atoms with Crippen LogP contribution in [0.25, 0.3) is 11.5 Å². The second-order valence-electron chi connectivity index (χ2n) is 4.33. The first-order valence-corrected chi connectivity index (χ1v) is 6.44. The fourth-order valence-electron chi connectivity index (χ4n) is 1.95. The fourth-order valence-corrected chi connectivity index (χ4v) is 1.95. The lowest BCUT2D eigenvalue weighted by atomic mass is 10.2. The number of phenols is 1. The Balaban J connectivity index is 2.33. The largest absolute Gasteiger partial charge is 0.504 e. The Hall–Kier alpha value is -2.08. The van der Waals surface area contributed by atoms with Gasteiger partial charge in [-0.25, -0.2) is 0 Å². The molecule has 108 valence electrons. The number of rotatable bonds is 6. The van der Waals surface area contributed by atoms with Crippen molar-refractivity contribution in [3.63, 3.8) is 0 Å². The zero-order chi connectivity index (χ0) is 14.5. The number of aromatic hydroxyl groups is 1. The van der Waals surface area contributed by atoms with E-state index in [1.54, 1.807) is 25.3 Å². The summed E-state index contributed by atoms with van der Waals surface area (Å²) in [5, 5.41) is 14.0. The summed E-state index contributed by atoms with van der Waals surface area (Å²) in [4.78, 5) is 4.29. The molecule has 1 aromatic carbocycles. The molecule has 0 spiro atoms. The van der Waals surface area contributed by atoms with E-state index in [9.17, 15) is 5.11 Å². The number of nitrogens with zero attached hydrogens (tertiary/aromatic N) is 2. The third kappa shape index (κ3) is 2.75. The van der Waals surface area contributed by atoms with E-state index in [2.05, 4.69) is 17.1 Å². The molecule has 0 radical (unpaired) electrons. The highest BCUT2D eigenvalue weighted by Gasteiger charge is 2.20. The lowest BCUT2D eigenvalue weighted by molar-refractivity contribution is 0.0854. The molecule has 0 aliphatic heterocycles. The molecule has 0 bridgehead atoms. The fraction of sp³-hybridized carbons (Fsp3) is 0.429. The van der Waals surface area contributed by atoms with E-state index >= 15 is 0 Å². The van der Waals surface area contributed by atoms with Crippen LogP contribution in [-0.4, -0.2) is 29.5 Å². The molecule has 0 aliphatic carbocycles. The highest BCUT2D eigenvalue weighted by molar-refractivity contribution is 5.66. The lowest BCUT2D eigenvalue weighted by Crippen LogP contribution is -2.03. The summed E-state index contributed by atoms with van der Waals surface area (Å²) in [5.41, 5.74) is 0.439. The van der Waals surface area contributed by atoms with Gasteiger partial charge in [-0.05, 0) is 18.6 Å². The molecule has 1 heterocycles. The SMILES string of the molecule is CCCC(OC)c1noc(-c2cccc(OC)c2O)n1. The van der Waals surface area contributed by atoms with Gasteiger partial charge in [0.1, 0.15) is 6.10 Å². The molecule has 2 rings (SSSR count). The van der Waals surface area contributed by atoms with Crippen LogP contribution >= 0.6 is 0 Å². The van der Waals surface area contributed by atoms with Crippen LogP contribution in [0.3, 0.4) is 0 Å². The number of benzene rings is 1. The van der Waals surface area contributed by atoms with Crippen molar-refractivity contribution in [1.82, 2.24) is 10.1 Å². The average molecular weight is 278 g/mol. The Morgan fingerprint density at radius 1 is 1.35 bits per heavy atom. The van der Waals surface area contributed by atoms with Gasteiger partial charge in [0.05, 0.1) is 12.7 Å². The van der Waals surface area contributed by atoms with Gasteiger partial charge in [0, 0.05) is 7.11 Å². The molecule has 2 aromatic rings. The minimum atomic E-state index is -0.203. The molecule has 6 nitrogen and oxygen atoms in total. The first-order valence-electron chi connectivity index (χ1n) is 6.44. The summed E-state index contributed by atoms with van der Waals surface area (Å²) in [5.74, 6) is 1.06. The molecule has 0 saturated carbocycles. The van der Waals surface area contributed by atoms with Gasteiger partial charge in [0.15, 0.2) is 11.5 Å². The van der Waals surface area contributed by atoms with E-state index in [-0.39, 0.29) is 17.7 Å². The zero-order valence-electron chi connectivity index (χ0n) is 11.8. The summed E-state index contributed by atoms with van der Waals surface area (Å²) >= 11 is 0. The maximum Gasteiger partial charge on any atom is 0.261 e. The molecular weight excluding hydrogens is 260 g/mol. The Morgan fingerprint density at radius 2 is 2.15 bits per heavy atom. The minimum Gasteiger partial charge on any atom is -0.504 e. The van der Waals surface area contributed by atoms with Crippen molar-refractivity contribution in [2.75, 3.05) is 14.2 Å². The van der Waals surface area contributed by atoms with Gasteiger partial charge in [-0.2, -0.15) is 4.98 Å². The Morgan fingerprint density at radius 3 is 2.80 bits per heavy atom. The molecule has 20 heavy (non-hydrogen) atoms. The minimum absolute atomic E-state index is 0.0188. The van der Waals surface area contributed by atoms with E-state index in [4.69, 9.17) is 14.0 Å². The summed E-state index contributed by atoms with van der Waals surface area (Å²) in [6, 6.07) is 5.10. The molecule has 0 amide bonds. The Bertz CT molecular complexity index is 568. The van der Waals surface area contributed by atoms with Crippen LogP contribution in [0.4, 0.5) is 0 Å². The van der Waals surface area contributed by atoms with E-state index in [1.165, 1.54) is 7.11 Å². The summed E-state index contributed by atoms with van der Waals surface area (Å²) in [6.45, 7) is 2.06. The number of hydrogen-bond acceptors (Lipinski definition) is 6. The van der Waals surface area contributed by atoms with Crippen LogP contribution in [-0.2, 0) is 4.74 Å². The second-order valence-corrected chi connectivity index (χ2v) is 4.33. The summed E-state index contributed by atoms with van der Waals surface area (Å²) in [6.07, 6.45) is 1.55. The Kier molecular flexibility index (Phi) is 4.57. The maximum atomic E-state index is 10.1. The molecule has 1 unspecified atom stereocenters. The predicted octanol–water partition coefficient (Wildman–Crippen LogP) is 2.94. The predicted molar refractivity (Wildman–Crippen MR) is 72.6 cm³/mol. The topological polar surface area (TPSA) is 77.6 Å². The van der Waals surface area contributed by atoms with Gasteiger partial charge in [0.2, 0.25) is 5.82 Å². The number of ether oxygens (including phenoxy) is 2. The number of hydrogen-bond donors (Lipinski definition) is 1. The molecule has 1 N–H and O–H groups in total. The van der Waals surface area contributed by atoms with Gasteiger partial charge in [0.25, 0.3) is 5.89 Å². The van der Waals surface area contributed by atoms with Crippen molar-refractivity contribution >= 4 is 0 Å². The number of para-hydroxylation sites is 1. The summed E-state index contributed by atoms with van der Waals surface area (Å²) < 4.78 is 15.6. The van der Waals surface area contributed by atoms with Crippen LogP contribution in [0, 0.1) is 0 Å². The van der Waals surface area contributed by atoms with Gasteiger partial charge in [-0.15, -0.1) is 0 Å². The van der Waals surface area contributed by atoms with Gasteiger partial charge in [-0.3, -0.25) is 0 Å². The van der Waals surface area contributed by atoms with Crippen molar-refractivity contribution < 1.29 is 19.1 Å². The molecule has 0 aliphatic rings. The monoisotopic (exact) mass is 278 g/mol.